The van der Waals surface area contributed by atoms with Crippen molar-refractivity contribution in [2.75, 3.05) is 0 Å². The molecule has 0 saturated carbocycles. The maximum Gasteiger partial charge on any atom is 0.130 e. The molecule has 29 heavy (non-hydrogen) atoms. The van der Waals surface area contributed by atoms with Crippen molar-refractivity contribution >= 4 is 10.9 Å². The number of fused-ring (bicyclic) bond motifs is 1. The van der Waals surface area contributed by atoms with Crippen molar-refractivity contribution < 1.29 is 9.47 Å². The molecule has 4 heteroatoms. The fraction of sp³-hybridized carbons (Fsp3) is 0.120. The van der Waals surface area contributed by atoms with Crippen LogP contribution in [-0.4, -0.2) is 4.98 Å². The van der Waals surface area contributed by atoms with Gasteiger partial charge in [0.15, 0.2) is 0 Å². The van der Waals surface area contributed by atoms with E-state index in [9.17, 15) is 0 Å². The molecule has 0 aliphatic heterocycles. The predicted octanol–water partition coefficient (Wildman–Crippen LogP) is 5.46. The average molecular weight is 380 g/mol. The van der Waals surface area contributed by atoms with Gasteiger partial charge in [0.1, 0.15) is 24.7 Å². The number of nitrogens with zero attached hydrogens (tertiary/aromatic N) is 2. The van der Waals surface area contributed by atoms with E-state index >= 15 is 0 Å². The summed E-state index contributed by atoms with van der Waals surface area (Å²) in [6.45, 7) is 0.798. The van der Waals surface area contributed by atoms with Crippen molar-refractivity contribution in [2.24, 2.45) is 0 Å². The number of pyridine rings is 1. The molecular weight excluding hydrogens is 360 g/mol. The summed E-state index contributed by atoms with van der Waals surface area (Å²) >= 11 is 0. The van der Waals surface area contributed by atoms with Crippen LogP contribution in [0.15, 0.2) is 84.9 Å². The quantitative estimate of drug-likeness (QED) is 0.427. The van der Waals surface area contributed by atoms with Crippen LogP contribution in [0.2, 0.25) is 0 Å². The van der Waals surface area contributed by atoms with Gasteiger partial charge < -0.3 is 9.47 Å². The van der Waals surface area contributed by atoms with Gasteiger partial charge in [-0.25, -0.2) is 4.98 Å². The van der Waals surface area contributed by atoms with Gasteiger partial charge in [-0.2, -0.15) is 5.26 Å². The highest BCUT2D eigenvalue weighted by atomic mass is 16.5. The van der Waals surface area contributed by atoms with Crippen molar-refractivity contribution in [3.8, 4) is 17.6 Å². The van der Waals surface area contributed by atoms with Crippen molar-refractivity contribution in [1.29, 1.82) is 5.26 Å². The SMILES string of the molecule is N#CCc1ccccc1COc1cccc(OCc2ccc3ccccc3n2)c1. The second-order valence-electron chi connectivity index (χ2n) is 6.65. The molecule has 1 aromatic heterocycles. The lowest BCUT2D eigenvalue weighted by atomic mass is 10.1. The van der Waals surface area contributed by atoms with Crippen LogP contribution in [0.4, 0.5) is 0 Å². The Morgan fingerprint density at radius 1 is 0.724 bits per heavy atom. The summed E-state index contributed by atoms with van der Waals surface area (Å²) < 4.78 is 11.8. The van der Waals surface area contributed by atoms with Crippen LogP contribution in [-0.2, 0) is 19.6 Å². The molecule has 0 N–H and O–H groups in total. The summed E-state index contributed by atoms with van der Waals surface area (Å²) in [7, 11) is 0. The van der Waals surface area contributed by atoms with Gasteiger partial charge in [-0.3, -0.25) is 0 Å². The highest BCUT2D eigenvalue weighted by Gasteiger charge is 2.05. The van der Waals surface area contributed by atoms with Gasteiger partial charge in [0.25, 0.3) is 0 Å². The van der Waals surface area contributed by atoms with Gasteiger partial charge >= 0.3 is 0 Å². The molecule has 0 aliphatic carbocycles. The number of para-hydroxylation sites is 1. The fourth-order valence-electron chi connectivity index (χ4n) is 3.12. The maximum absolute atomic E-state index is 8.96. The Kier molecular flexibility index (Phi) is 5.68. The number of benzene rings is 3. The summed E-state index contributed by atoms with van der Waals surface area (Å²) in [6, 6.07) is 29.7. The molecular formula is C25H20N2O2. The van der Waals surface area contributed by atoms with Crippen molar-refractivity contribution in [1.82, 2.24) is 4.98 Å². The molecule has 142 valence electrons. The van der Waals surface area contributed by atoms with Crippen LogP contribution in [0.5, 0.6) is 11.5 Å². The fourth-order valence-corrected chi connectivity index (χ4v) is 3.12. The molecule has 0 unspecified atom stereocenters. The summed E-state index contributed by atoms with van der Waals surface area (Å²) in [5, 5.41) is 10.1. The zero-order valence-electron chi connectivity index (χ0n) is 15.9. The molecule has 0 atom stereocenters. The number of aromatic nitrogens is 1. The Hall–Kier alpha value is -3.84. The molecule has 0 aliphatic rings. The zero-order chi connectivity index (χ0) is 19.9. The second-order valence-corrected chi connectivity index (χ2v) is 6.65. The van der Waals surface area contributed by atoms with E-state index in [1.807, 2.05) is 78.9 Å². The van der Waals surface area contributed by atoms with E-state index in [2.05, 4.69) is 17.1 Å². The second kappa shape index (κ2) is 8.90. The Bertz CT molecular complexity index is 1160. The van der Waals surface area contributed by atoms with E-state index in [1.54, 1.807) is 0 Å². The monoisotopic (exact) mass is 380 g/mol. The van der Waals surface area contributed by atoms with E-state index in [1.165, 1.54) is 0 Å². The lowest BCUT2D eigenvalue weighted by Crippen LogP contribution is -2.01. The number of rotatable bonds is 7. The number of hydrogen-bond acceptors (Lipinski definition) is 4. The molecule has 0 amide bonds. The first-order valence-corrected chi connectivity index (χ1v) is 9.46. The highest BCUT2D eigenvalue weighted by molar-refractivity contribution is 5.78. The smallest absolute Gasteiger partial charge is 0.130 e. The van der Waals surface area contributed by atoms with Gasteiger partial charge in [0.2, 0.25) is 0 Å². The van der Waals surface area contributed by atoms with E-state index in [0.717, 1.165) is 39.2 Å². The number of ether oxygens (including phenoxy) is 2. The molecule has 1 heterocycles. The van der Waals surface area contributed by atoms with E-state index in [-0.39, 0.29) is 0 Å². The first-order valence-electron chi connectivity index (χ1n) is 9.46. The molecule has 4 aromatic rings. The van der Waals surface area contributed by atoms with Crippen molar-refractivity contribution in [3.63, 3.8) is 0 Å². The van der Waals surface area contributed by atoms with Gasteiger partial charge in [-0.05, 0) is 35.4 Å². The minimum Gasteiger partial charge on any atom is -0.489 e. The van der Waals surface area contributed by atoms with E-state index in [0.29, 0.717) is 19.6 Å². The van der Waals surface area contributed by atoms with Crippen LogP contribution >= 0.6 is 0 Å². The van der Waals surface area contributed by atoms with Crippen LogP contribution in [0, 0.1) is 11.3 Å². The van der Waals surface area contributed by atoms with Gasteiger partial charge in [-0.1, -0.05) is 54.6 Å². The molecule has 0 fully saturated rings. The maximum atomic E-state index is 8.96. The first kappa shape index (κ1) is 18.5. The van der Waals surface area contributed by atoms with Crippen molar-refractivity contribution in [2.45, 2.75) is 19.6 Å². The average Bonchev–Trinajstić information content (AvgIpc) is 2.77. The van der Waals surface area contributed by atoms with Crippen LogP contribution in [0.25, 0.3) is 10.9 Å². The Morgan fingerprint density at radius 3 is 2.28 bits per heavy atom. The molecule has 4 rings (SSSR count). The minimum atomic E-state index is 0.376. The normalized spacial score (nSPS) is 10.4. The van der Waals surface area contributed by atoms with Crippen molar-refractivity contribution in [3.05, 3.63) is 102 Å². The lowest BCUT2D eigenvalue weighted by Gasteiger charge is -2.11. The summed E-state index contributed by atoms with van der Waals surface area (Å²) in [5.41, 5.74) is 3.84. The zero-order valence-corrected chi connectivity index (χ0v) is 15.9. The Labute approximate surface area is 170 Å². The molecule has 4 nitrogen and oxygen atoms in total. The molecule has 0 saturated heterocycles. The standard InChI is InChI=1S/C25H20N2O2/c26-15-14-19-6-1-2-8-21(19)17-28-23-9-5-10-24(16-23)29-18-22-13-12-20-7-3-4-11-25(20)27-22/h1-13,16H,14,17-18H2. The topological polar surface area (TPSA) is 55.1 Å². The van der Waals surface area contributed by atoms with E-state index < -0.39 is 0 Å². The highest BCUT2D eigenvalue weighted by Crippen LogP contribution is 2.22. The van der Waals surface area contributed by atoms with Crippen LogP contribution in [0.3, 0.4) is 0 Å². The molecule has 0 spiro atoms. The van der Waals surface area contributed by atoms with Gasteiger partial charge in [-0.15, -0.1) is 0 Å². The summed E-state index contributed by atoms with van der Waals surface area (Å²) in [6.07, 6.45) is 0.376. The lowest BCUT2D eigenvalue weighted by molar-refractivity contribution is 0.287. The predicted molar refractivity (Wildman–Crippen MR) is 113 cm³/mol. The summed E-state index contributed by atoms with van der Waals surface area (Å²) in [4.78, 5) is 4.63. The third kappa shape index (κ3) is 4.72. The Morgan fingerprint density at radius 2 is 1.45 bits per heavy atom. The largest absolute Gasteiger partial charge is 0.489 e. The summed E-state index contributed by atoms with van der Waals surface area (Å²) in [5.74, 6) is 1.45. The third-order valence-electron chi connectivity index (χ3n) is 4.63. The van der Waals surface area contributed by atoms with Crippen LogP contribution < -0.4 is 9.47 Å². The third-order valence-corrected chi connectivity index (χ3v) is 4.63. The number of nitriles is 1. The van der Waals surface area contributed by atoms with Crippen LogP contribution in [0.1, 0.15) is 16.8 Å². The Balaban J connectivity index is 1.40. The van der Waals surface area contributed by atoms with Gasteiger partial charge in [0, 0.05) is 11.5 Å². The minimum absolute atomic E-state index is 0.376. The van der Waals surface area contributed by atoms with E-state index in [4.69, 9.17) is 14.7 Å². The van der Waals surface area contributed by atoms with Gasteiger partial charge in [0.05, 0.1) is 23.7 Å². The molecule has 3 aromatic carbocycles. The first-order chi connectivity index (χ1) is 14.3. The molecule has 0 bridgehead atoms. The number of hydrogen-bond donors (Lipinski definition) is 0. The molecule has 0 radical (unpaired) electrons.